The van der Waals surface area contributed by atoms with Crippen molar-refractivity contribution in [1.29, 1.82) is 0 Å². The topological polar surface area (TPSA) is 78.9 Å². The van der Waals surface area contributed by atoms with Crippen molar-refractivity contribution < 1.29 is 19.4 Å². The fourth-order valence-corrected chi connectivity index (χ4v) is 2.19. The number of aliphatic carboxylic acids is 1. The number of urea groups is 1. The van der Waals surface area contributed by atoms with Crippen molar-refractivity contribution >= 4 is 12.0 Å². The van der Waals surface area contributed by atoms with Gasteiger partial charge in [-0.15, -0.1) is 0 Å². The molecule has 102 valence electrons. The molecule has 1 saturated carbocycles. The van der Waals surface area contributed by atoms with Crippen molar-refractivity contribution in [3.63, 3.8) is 0 Å². The first-order chi connectivity index (χ1) is 8.37. The Balaban J connectivity index is 1.90. The highest BCUT2D eigenvalue weighted by molar-refractivity contribution is 5.80. The maximum atomic E-state index is 12.1. The van der Waals surface area contributed by atoms with Crippen LogP contribution in [0.1, 0.15) is 26.7 Å². The Labute approximate surface area is 106 Å². The van der Waals surface area contributed by atoms with Crippen LogP contribution in [-0.2, 0) is 9.53 Å². The minimum absolute atomic E-state index is 0.198. The molecule has 0 aromatic carbocycles. The van der Waals surface area contributed by atoms with Gasteiger partial charge < -0.3 is 20.1 Å². The van der Waals surface area contributed by atoms with Crippen molar-refractivity contribution in [2.24, 2.45) is 5.41 Å². The Morgan fingerprint density at radius 3 is 2.56 bits per heavy atom. The summed E-state index contributed by atoms with van der Waals surface area (Å²) in [6.07, 6.45) is 1.30. The van der Waals surface area contributed by atoms with E-state index in [2.05, 4.69) is 5.32 Å². The van der Waals surface area contributed by atoms with Crippen LogP contribution in [0.25, 0.3) is 0 Å². The first-order valence-corrected chi connectivity index (χ1v) is 6.24. The molecule has 1 aliphatic carbocycles. The summed E-state index contributed by atoms with van der Waals surface area (Å²) in [4.78, 5) is 24.8. The van der Waals surface area contributed by atoms with E-state index in [4.69, 9.17) is 9.84 Å². The zero-order chi connectivity index (χ0) is 13.4. The molecule has 2 amide bonds. The number of morpholine rings is 1. The van der Waals surface area contributed by atoms with E-state index in [1.807, 2.05) is 13.8 Å². The van der Waals surface area contributed by atoms with Gasteiger partial charge in [-0.05, 0) is 26.7 Å². The number of amides is 2. The second-order valence-electron chi connectivity index (χ2n) is 5.76. The van der Waals surface area contributed by atoms with Crippen LogP contribution in [0.5, 0.6) is 0 Å². The molecule has 1 heterocycles. The number of rotatable bonds is 3. The van der Waals surface area contributed by atoms with Crippen LogP contribution in [0.3, 0.4) is 0 Å². The van der Waals surface area contributed by atoms with Gasteiger partial charge in [0.15, 0.2) is 0 Å². The zero-order valence-electron chi connectivity index (χ0n) is 10.9. The number of carboxylic acids is 1. The lowest BCUT2D eigenvalue weighted by molar-refractivity contribution is -0.143. The average Bonchev–Trinajstić information content (AvgIpc) is 3.06. The fourth-order valence-electron chi connectivity index (χ4n) is 2.19. The quantitative estimate of drug-likeness (QED) is 0.778. The van der Waals surface area contributed by atoms with E-state index in [0.29, 0.717) is 32.6 Å². The molecule has 2 aliphatic rings. The van der Waals surface area contributed by atoms with Gasteiger partial charge in [-0.25, -0.2) is 4.79 Å². The molecule has 0 aromatic rings. The zero-order valence-corrected chi connectivity index (χ0v) is 10.9. The molecule has 2 fully saturated rings. The minimum atomic E-state index is -0.816. The lowest BCUT2D eigenvalue weighted by Crippen LogP contribution is -2.58. The highest BCUT2D eigenvalue weighted by Gasteiger charge is 2.50. The highest BCUT2D eigenvalue weighted by Crippen LogP contribution is 2.45. The van der Waals surface area contributed by atoms with Gasteiger partial charge in [-0.1, -0.05) is 0 Å². The highest BCUT2D eigenvalue weighted by atomic mass is 16.5. The second-order valence-corrected chi connectivity index (χ2v) is 5.76. The maximum Gasteiger partial charge on any atom is 0.318 e. The number of hydrogen-bond acceptors (Lipinski definition) is 3. The van der Waals surface area contributed by atoms with E-state index >= 15 is 0 Å². The number of carboxylic acid groups (broad SMARTS) is 1. The summed E-state index contributed by atoms with van der Waals surface area (Å²) in [6, 6.07) is -0.198. The maximum absolute atomic E-state index is 12.1. The molecule has 0 aromatic heterocycles. The summed E-state index contributed by atoms with van der Waals surface area (Å²) < 4.78 is 5.35. The molecule has 2 N–H and O–H groups in total. The molecule has 0 radical (unpaired) electrons. The summed E-state index contributed by atoms with van der Waals surface area (Å²) in [5.74, 6) is -0.816. The van der Waals surface area contributed by atoms with E-state index in [9.17, 15) is 9.59 Å². The molecular weight excluding hydrogens is 236 g/mol. The Hall–Kier alpha value is -1.30. The van der Waals surface area contributed by atoms with Gasteiger partial charge in [-0.2, -0.15) is 0 Å². The van der Waals surface area contributed by atoms with E-state index in [1.54, 1.807) is 4.90 Å². The molecule has 2 rings (SSSR count). The van der Waals surface area contributed by atoms with Gasteiger partial charge in [0.2, 0.25) is 0 Å². The molecule has 1 saturated heterocycles. The van der Waals surface area contributed by atoms with Crippen LogP contribution in [0.2, 0.25) is 0 Å². The summed E-state index contributed by atoms with van der Waals surface area (Å²) in [5, 5.41) is 11.8. The molecule has 0 spiro atoms. The van der Waals surface area contributed by atoms with Gasteiger partial charge in [0.1, 0.15) is 0 Å². The molecular formula is C12H20N2O4. The van der Waals surface area contributed by atoms with Crippen molar-refractivity contribution in [1.82, 2.24) is 10.2 Å². The molecule has 1 aliphatic heterocycles. The number of nitrogens with zero attached hydrogens (tertiary/aromatic N) is 1. The second kappa shape index (κ2) is 4.42. The fraction of sp³-hybridized carbons (Fsp3) is 0.833. The average molecular weight is 256 g/mol. The summed E-state index contributed by atoms with van der Waals surface area (Å²) in [7, 11) is 0. The Kier molecular flexibility index (Phi) is 3.23. The largest absolute Gasteiger partial charge is 0.481 e. The van der Waals surface area contributed by atoms with E-state index in [1.165, 1.54) is 0 Å². The Bertz CT molecular complexity index is 363. The van der Waals surface area contributed by atoms with Gasteiger partial charge in [0.05, 0.1) is 24.2 Å². The third-order valence-corrected chi connectivity index (χ3v) is 3.78. The van der Waals surface area contributed by atoms with E-state index < -0.39 is 11.4 Å². The van der Waals surface area contributed by atoms with Crippen molar-refractivity contribution in [2.45, 2.75) is 32.2 Å². The number of carbonyl (C=O) groups excluding carboxylic acids is 1. The van der Waals surface area contributed by atoms with Gasteiger partial charge >= 0.3 is 12.0 Å². The smallest absolute Gasteiger partial charge is 0.318 e. The molecule has 18 heavy (non-hydrogen) atoms. The lowest BCUT2D eigenvalue weighted by atomic mass is 10.0. The monoisotopic (exact) mass is 256 g/mol. The van der Waals surface area contributed by atoms with Gasteiger partial charge in [-0.3, -0.25) is 4.79 Å². The first kappa shape index (κ1) is 13.1. The van der Waals surface area contributed by atoms with Crippen LogP contribution in [0.4, 0.5) is 4.79 Å². The van der Waals surface area contributed by atoms with Crippen molar-refractivity contribution in [3.8, 4) is 0 Å². The van der Waals surface area contributed by atoms with Crippen LogP contribution in [-0.4, -0.2) is 53.8 Å². The Morgan fingerprint density at radius 1 is 1.39 bits per heavy atom. The van der Waals surface area contributed by atoms with Crippen LogP contribution >= 0.6 is 0 Å². The summed E-state index contributed by atoms with van der Waals surface area (Å²) in [5.41, 5.74) is -1.06. The number of hydrogen-bond donors (Lipinski definition) is 2. The molecule has 0 atom stereocenters. The predicted octanol–water partition coefficient (Wildman–Crippen LogP) is 0.672. The van der Waals surface area contributed by atoms with Crippen LogP contribution in [0, 0.1) is 5.41 Å². The number of ether oxygens (including phenoxy) is 1. The molecule has 6 heteroatoms. The predicted molar refractivity (Wildman–Crippen MR) is 64.3 cm³/mol. The third-order valence-electron chi connectivity index (χ3n) is 3.78. The molecule has 0 unspecified atom stereocenters. The molecule has 0 bridgehead atoms. The van der Waals surface area contributed by atoms with Crippen LogP contribution in [0.15, 0.2) is 0 Å². The van der Waals surface area contributed by atoms with E-state index in [0.717, 1.165) is 0 Å². The molecule has 6 nitrogen and oxygen atoms in total. The SMILES string of the molecule is CC1(C)COCCN1C(=O)NCC1(C(=O)O)CC1. The van der Waals surface area contributed by atoms with Crippen molar-refractivity contribution in [2.75, 3.05) is 26.3 Å². The van der Waals surface area contributed by atoms with Crippen molar-refractivity contribution in [3.05, 3.63) is 0 Å². The first-order valence-electron chi connectivity index (χ1n) is 6.24. The lowest BCUT2D eigenvalue weighted by Gasteiger charge is -2.42. The number of nitrogens with one attached hydrogen (secondary N) is 1. The minimum Gasteiger partial charge on any atom is -0.481 e. The normalized spacial score (nSPS) is 24.4. The van der Waals surface area contributed by atoms with Crippen LogP contribution < -0.4 is 5.32 Å². The third kappa shape index (κ3) is 2.43. The summed E-state index contributed by atoms with van der Waals surface area (Å²) in [6.45, 7) is 5.67. The van der Waals surface area contributed by atoms with Gasteiger partial charge in [0.25, 0.3) is 0 Å². The Morgan fingerprint density at radius 2 is 2.06 bits per heavy atom. The van der Waals surface area contributed by atoms with Gasteiger partial charge in [0, 0.05) is 13.1 Å². The summed E-state index contributed by atoms with van der Waals surface area (Å²) >= 11 is 0. The standard InChI is InChI=1S/C12H20N2O4/c1-11(2)8-18-6-5-14(11)10(17)13-7-12(3-4-12)9(15)16/h3-8H2,1-2H3,(H,13,17)(H,15,16). The van der Waals surface area contributed by atoms with E-state index in [-0.39, 0.29) is 18.1 Å². The number of carbonyl (C=O) groups is 2.